The van der Waals surface area contributed by atoms with Crippen LogP contribution in [0.4, 0.5) is 0 Å². The van der Waals surface area contributed by atoms with Crippen molar-refractivity contribution in [3.8, 4) is 0 Å². The van der Waals surface area contributed by atoms with Gasteiger partial charge in [-0.05, 0) is 30.6 Å². The van der Waals surface area contributed by atoms with Crippen LogP contribution in [0.25, 0.3) is 0 Å². The van der Waals surface area contributed by atoms with E-state index in [-0.39, 0.29) is 0 Å². The maximum absolute atomic E-state index is 9.93. The Hall–Kier alpha value is -0.0800. The van der Waals surface area contributed by atoms with Gasteiger partial charge in [0.15, 0.2) is 0 Å². The smallest absolute Gasteiger partial charge is 0.105 e. The van der Waals surface area contributed by atoms with Gasteiger partial charge in [-0.25, -0.2) is 0 Å². The highest BCUT2D eigenvalue weighted by Gasteiger charge is 2.23. The highest BCUT2D eigenvalue weighted by Crippen LogP contribution is 2.30. The third-order valence-corrected chi connectivity index (χ3v) is 4.84. The molecule has 3 N–H and O–H groups in total. The van der Waals surface area contributed by atoms with E-state index in [1.54, 1.807) is 0 Å². The summed E-state index contributed by atoms with van der Waals surface area (Å²) < 4.78 is 0. The van der Waals surface area contributed by atoms with Crippen molar-refractivity contribution in [1.29, 1.82) is 0 Å². The van der Waals surface area contributed by atoms with E-state index in [1.165, 1.54) is 51.4 Å². The molecule has 0 aromatic rings. The van der Waals surface area contributed by atoms with E-state index in [1.807, 2.05) is 0 Å². The fourth-order valence-electron chi connectivity index (χ4n) is 3.19. The van der Waals surface area contributed by atoms with Crippen molar-refractivity contribution >= 4 is 0 Å². The molecule has 20 heavy (non-hydrogen) atoms. The van der Waals surface area contributed by atoms with Crippen molar-refractivity contribution in [3.63, 3.8) is 0 Å². The Morgan fingerprint density at radius 1 is 0.800 bits per heavy atom. The Bertz CT molecular complexity index is 188. The fourth-order valence-corrected chi connectivity index (χ4v) is 3.19. The molecule has 0 radical (unpaired) electrons. The second-order valence-corrected chi connectivity index (χ2v) is 6.56. The summed E-state index contributed by atoms with van der Waals surface area (Å²) in [6, 6.07) is 0. The van der Waals surface area contributed by atoms with Crippen molar-refractivity contribution < 1.29 is 5.11 Å². The lowest BCUT2D eigenvalue weighted by Crippen LogP contribution is -2.32. The average molecular weight is 286 g/mol. The maximum atomic E-state index is 9.93. The van der Waals surface area contributed by atoms with Crippen molar-refractivity contribution in [2.24, 2.45) is 23.5 Å². The van der Waals surface area contributed by atoms with Gasteiger partial charge < -0.3 is 10.8 Å². The third kappa shape index (κ3) is 8.97. The van der Waals surface area contributed by atoms with E-state index in [0.717, 1.165) is 24.7 Å². The molecule has 122 valence electrons. The minimum atomic E-state index is -0.638. The summed E-state index contributed by atoms with van der Waals surface area (Å²) in [5.41, 5.74) is 5.86. The molecule has 2 nitrogen and oxygen atoms in total. The zero-order valence-corrected chi connectivity index (χ0v) is 14.4. The second kappa shape index (κ2) is 12.6. The zero-order chi connectivity index (χ0) is 15.4. The van der Waals surface area contributed by atoms with Gasteiger partial charge in [-0.3, -0.25) is 0 Å². The minimum Gasteiger partial charge on any atom is -0.379 e. The summed E-state index contributed by atoms with van der Waals surface area (Å²) in [7, 11) is 0. The van der Waals surface area contributed by atoms with Crippen LogP contribution in [-0.4, -0.2) is 11.3 Å². The second-order valence-electron chi connectivity index (χ2n) is 6.56. The molecule has 0 saturated carbocycles. The summed E-state index contributed by atoms with van der Waals surface area (Å²) >= 11 is 0. The molecule has 0 heterocycles. The summed E-state index contributed by atoms with van der Waals surface area (Å²) in [6.07, 6.45) is 11.7. The van der Waals surface area contributed by atoms with Gasteiger partial charge in [-0.15, -0.1) is 0 Å². The monoisotopic (exact) mass is 285 g/mol. The van der Waals surface area contributed by atoms with E-state index in [0.29, 0.717) is 5.92 Å². The molecule has 3 atom stereocenters. The lowest BCUT2D eigenvalue weighted by molar-refractivity contribution is 0.0775. The van der Waals surface area contributed by atoms with Gasteiger partial charge in [-0.2, -0.15) is 0 Å². The lowest BCUT2D eigenvalue weighted by atomic mass is 9.81. The standard InChI is InChI=1S/C18H39NO/c1-5-9-11-15(7-3)13-17(18(19)20)14-16(8-4)12-10-6-2/h15-18,20H,5-14,19H2,1-4H3. The molecule has 0 aliphatic rings. The predicted octanol–water partition coefficient (Wildman–Crippen LogP) is 5.09. The summed E-state index contributed by atoms with van der Waals surface area (Å²) in [5.74, 6) is 1.77. The van der Waals surface area contributed by atoms with E-state index in [4.69, 9.17) is 5.73 Å². The zero-order valence-electron chi connectivity index (χ0n) is 14.4. The van der Waals surface area contributed by atoms with Crippen LogP contribution < -0.4 is 5.73 Å². The third-order valence-electron chi connectivity index (χ3n) is 4.84. The van der Waals surface area contributed by atoms with Gasteiger partial charge in [0.05, 0.1) is 0 Å². The van der Waals surface area contributed by atoms with Crippen molar-refractivity contribution in [1.82, 2.24) is 0 Å². The van der Waals surface area contributed by atoms with Crippen LogP contribution in [0.3, 0.4) is 0 Å². The molecule has 0 aromatic heterocycles. The molecule has 0 amide bonds. The molecular formula is C18H39NO. The summed E-state index contributed by atoms with van der Waals surface area (Å²) in [5, 5.41) is 9.93. The number of aliphatic hydroxyl groups is 1. The van der Waals surface area contributed by atoms with Gasteiger partial charge in [-0.1, -0.05) is 79.1 Å². The first-order valence-corrected chi connectivity index (χ1v) is 9.02. The number of unbranched alkanes of at least 4 members (excludes halogenated alkanes) is 2. The SMILES string of the molecule is CCCCC(CC)CC(CC(CC)CCCC)C(N)O. The highest BCUT2D eigenvalue weighted by atomic mass is 16.3. The van der Waals surface area contributed by atoms with E-state index < -0.39 is 6.23 Å². The number of rotatable bonds is 13. The molecule has 0 aliphatic carbocycles. The first-order valence-electron chi connectivity index (χ1n) is 9.02. The van der Waals surface area contributed by atoms with Crippen LogP contribution >= 0.6 is 0 Å². The Balaban J connectivity index is 4.37. The minimum absolute atomic E-state index is 0.290. The van der Waals surface area contributed by atoms with Crippen LogP contribution in [0, 0.1) is 17.8 Å². The fraction of sp³-hybridized carbons (Fsp3) is 1.00. The molecule has 0 rings (SSSR count). The van der Waals surface area contributed by atoms with Gasteiger partial charge >= 0.3 is 0 Å². The highest BCUT2D eigenvalue weighted by molar-refractivity contribution is 4.73. The molecule has 0 fully saturated rings. The van der Waals surface area contributed by atoms with E-state index in [9.17, 15) is 5.11 Å². The van der Waals surface area contributed by atoms with Gasteiger partial charge in [0.25, 0.3) is 0 Å². The molecule has 2 heteroatoms. The maximum Gasteiger partial charge on any atom is 0.105 e. The van der Waals surface area contributed by atoms with Crippen LogP contribution in [0.1, 0.15) is 91.9 Å². The molecule has 0 saturated heterocycles. The first kappa shape index (κ1) is 19.9. The topological polar surface area (TPSA) is 46.2 Å². The molecule has 3 unspecified atom stereocenters. The van der Waals surface area contributed by atoms with Gasteiger partial charge in [0, 0.05) is 0 Å². The Kier molecular flexibility index (Phi) is 12.6. The van der Waals surface area contributed by atoms with Crippen LogP contribution in [0.2, 0.25) is 0 Å². The Morgan fingerprint density at radius 2 is 1.20 bits per heavy atom. The van der Waals surface area contributed by atoms with Crippen molar-refractivity contribution in [3.05, 3.63) is 0 Å². The molecule has 0 aliphatic heterocycles. The number of hydrogen-bond acceptors (Lipinski definition) is 2. The molecule has 0 bridgehead atoms. The Labute approximate surface area is 127 Å². The number of nitrogens with two attached hydrogens (primary N) is 1. The quantitative estimate of drug-likeness (QED) is 0.463. The lowest BCUT2D eigenvalue weighted by Gasteiger charge is -2.28. The summed E-state index contributed by atoms with van der Waals surface area (Å²) in [4.78, 5) is 0. The van der Waals surface area contributed by atoms with Gasteiger partial charge in [0.1, 0.15) is 6.23 Å². The Morgan fingerprint density at radius 3 is 1.45 bits per heavy atom. The number of aliphatic hydroxyl groups excluding tert-OH is 1. The number of hydrogen-bond donors (Lipinski definition) is 2. The predicted molar refractivity (Wildman–Crippen MR) is 89.5 cm³/mol. The van der Waals surface area contributed by atoms with E-state index in [2.05, 4.69) is 27.7 Å². The van der Waals surface area contributed by atoms with Crippen LogP contribution in [0.5, 0.6) is 0 Å². The molecule has 0 aromatic carbocycles. The summed E-state index contributed by atoms with van der Waals surface area (Å²) in [6.45, 7) is 9.04. The normalized spacial score (nSPS) is 17.7. The largest absolute Gasteiger partial charge is 0.379 e. The van der Waals surface area contributed by atoms with Crippen LogP contribution in [0.15, 0.2) is 0 Å². The van der Waals surface area contributed by atoms with Crippen LogP contribution in [-0.2, 0) is 0 Å². The average Bonchev–Trinajstić information content (AvgIpc) is 2.45. The van der Waals surface area contributed by atoms with Crippen molar-refractivity contribution in [2.75, 3.05) is 0 Å². The first-order chi connectivity index (χ1) is 9.58. The molecule has 0 spiro atoms. The molecular weight excluding hydrogens is 246 g/mol. The van der Waals surface area contributed by atoms with Gasteiger partial charge in [0.2, 0.25) is 0 Å². The van der Waals surface area contributed by atoms with E-state index >= 15 is 0 Å². The van der Waals surface area contributed by atoms with Crippen molar-refractivity contribution in [2.45, 2.75) is 98.1 Å².